The summed E-state index contributed by atoms with van der Waals surface area (Å²) in [5.74, 6) is 0.0773. The fraction of sp³-hybridized carbons (Fsp3) is 0.611. The van der Waals surface area contributed by atoms with Crippen LogP contribution in [0, 0.1) is 5.92 Å². The van der Waals surface area contributed by atoms with Crippen LogP contribution in [0.15, 0.2) is 23.1 Å². The molecular weight excluding hydrogens is 324 g/mol. The molecule has 5 nitrogen and oxygen atoms in total. The summed E-state index contributed by atoms with van der Waals surface area (Å²) < 4.78 is 27.3. The summed E-state index contributed by atoms with van der Waals surface area (Å²) in [5, 5.41) is 0. The Bertz CT molecular complexity index is 722. The molecule has 1 heterocycles. The monoisotopic (exact) mass is 350 g/mol. The molecule has 0 aromatic heterocycles. The van der Waals surface area contributed by atoms with Crippen LogP contribution in [0.4, 0.5) is 0 Å². The van der Waals surface area contributed by atoms with Crippen molar-refractivity contribution in [2.75, 3.05) is 26.7 Å². The van der Waals surface area contributed by atoms with Crippen LogP contribution in [0.1, 0.15) is 37.3 Å². The van der Waals surface area contributed by atoms with Crippen LogP contribution < -0.4 is 0 Å². The Morgan fingerprint density at radius 3 is 2.54 bits per heavy atom. The summed E-state index contributed by atoms with van der Waals surface area (Å²) >= 11 is 0. The second kappa shape index (κ2) is 6.84. The topological polar surface area (TPSA) is 57.7 Å². The van der Waals surface area contributed by atoms with Gasteiger partial charge in [0.1, 0.15) is 0 Å². The maximum Gasteiger partial charge on any atom is 0.243 e. The van der Waals surface area contributed by atoms with E-state index in [2.05, 4.69) is 0 Å². The van der Waals surface area contributed by atoms with Gasteiger partial charge in [0.25, 0.3) is 0 Å². The highest BCUT2D eigenvalue weighted by Crippen LogP contribution is 2.28. The van der Waals surface area contributed by atoms with E-state index in [1.165, 1.54) is 11.1 Å². The van der Waals surface area contributed by atoms with Crippen LogP contribution in [0.3, 0.4) is 0 Å². The van der Waals surface area contributed by atoms with Crippen LogP contribution in [-0.4, -0.2) is 50.2 Å². The zero-order valence-electron chi connectivity index (χ0n) is 14.5. The first-order valence-electron chi connectivity index (χ1n) is 8.80. The Hall–Kier alpha value is -1.40. The van der Waals surface area contributed by atoms with Gasteiger partial charge in [-0.1, -0.05) is 6.07 Å². The van der Waals surface area contributed by atoms with E-state index in [9.17, 15) is 13.2 Å². The number of amides is 1. The summed E-state index contributed by atoms with van der Waals surface area (Å²) in [4.78, 5) is 14.4. The van der Waals surface area contributed by atoms with Gasteiger partial charge < -0.3 is 4.90 Å². The van der Waals surface area contributed by atoms with Gasteiger partial charge >= 0.3 is 0 Å². The standard InChI is InChI=1S/C18H26N2O3S/c1-3-19(2)18(21)15-9-11-20(12-10-15)24(22,23)17-8-7-14-5-4-6-16(14)13-17/h7-8,13,15H,3-6,9-12H2,1-2H3. The fourth-order valence-corrected chi connectivity index (χ4v) is 5.19. The highest BCUT2D eigenvalue weighted by Gasteiger charge is 2.33. The molecule has 3 rings (SSSR count). The van der Waals surface area contributed by atoms with Gasteiger partial charge in [-0.2, -0.15) is 4.31 Å². The molecule has 0 N–H and O–H groups in total. The molecule has 0 saturated carbocycles. The number of hydrogen-bond donors (Lipinski definition) is 0. The lowest BCUT2D eigenvalue weighted by Crippen LogP contribution is -2.43. The third kappa shape index (κ3) is 3.22. The van der Waals surface area contributed by atoms with Gasteiger partial charge in [-0.05, 0) is 62.3 Å². The van der Waals surface area contributed by atoms with E-state index in [-0.39, 0.29) is 11.8 Å². The molecule has 1 aliphatic carbocycles. The smallest absolute Gasteiger partial charge is 0.243 e. The van der Waals surface area contributed by atoms with Crippen LogP contribution in [0.25, 0.3) is 0 Å². The molecule has 132 valence electrons. The van der Waals surface area contributed by atoms with Crippen molar-refractivity contribution >= 4 is 15.9 Å². The normalized spacial score (nSPS) is 19.2. The number of hydrogen-bond acceptors (Lipinski definition) is 3. The summed E-state index contributed by atoms with van der Waals surface area (Å²) in [7, 11) is -1.65. The van der Waals surface area contributed by atoms with Gasteiger partial charge in [-0.15, -0.1) is 0 Å². The number of piperidine rings is 1. The van der Waals surface area contributed by atoms with Crippen molar-refractivity contribution in [3.63, 3.8) is 0 Å². The van der Waals surface area contributed by atoms with E-state index in [0.717, 1.165) is 19.3 Å². The zero-order valence-corrected chi connectivity index (χ0v) is 15.3. The van der Waals surface area contributed by atoms with E-state index in [1.54, 1.807) is 22.3 Å². The molecule has 0 atom stereocenters. The van der Waals surface area contributed by atoms with Crippen molar-refractivity contribution in [3.05, 3.63) is 29.3 Å². The highest BCUT2D eigenvalue weighted by molar-refractivity contribution is 7.89. The van der Waals surface area contributed by atoms with Gasteiger partial charge in [0.15, 0.2) is 0 Å². The lowest BCUT2D eigenvalue weighted by atomic mass is 9.97. The number of carbonyl (C=O) groups is 1. The third-order valence-electron chi connectivity index (χ3n) is 5.36. The number of carbonyl (C=O) groups excluding carboxylic acids is 1. The average Bonchev–Trinajstić information content (AvgIpc) is 3.08. The number of benzene rings is 1. The minimum atomic E-state index is -3.45. The average molecular weight is 350 g/mol. The Kier molecular flexibility index (Phi) is 4.97. The molecule has 0 radical (unpaired) electrons. The van der Waals surface area contributed by atoms with Gasteiger partial charge in [-0.3, -0.25) is 4.79 Å². The van der Waals surface area contributed by atoms with Crippen molar-refractivity contribution in [3.8, 4) is 0 Å². The maximum absolute atomic E-state index is 12.9. The van der Waals surface area contributed by atoms with E-state index in [4.69, 9.17) is 0 Å². The third-order valence-corrected chi connectivity index (χ3v) is 7.26. The Balaban J connectivity index is 1.70. The van der Waals surface area contributed by atoms with Crippen LogP contribution >= 0.6 is 0 Å². The molecule has 0 unspecified atom stereocenters. The number of nitrogens with zero attached hydrogens (tertiary/aromatic N) is 2. The van der Waals surface area contributed by atoms with Gasteiger partial charge in [0.2, 0.25) is 15.9 Å². The Labute approximate surface area is 144 Å². The van der Waals surface area contributed by atoms with Gasteiger partial charge in [-0.25, -0.2) is 8.42 Å². The molecule has 1 amide bonds. The zero-order chi connectivity index (χ0) is 17.3. The van der Waals surface area contributed by atoms with Gasteiger partial charge in [0, 0.05) is 32.6 Å². The van der Waals surface area contributed by atoms with E-state index in [0.29, 0.717) is 37.4 Å². The predicted octanol–water partition coefficient (Wildman–Crippen LogP) is 2.05. The maximum atomic E-state index is 12.9. The van der Waals surface area contributed by atoms with Crippen LogP contribution in [0.2, 0.25) is 0 Å². The molecule has 1 aliphatic heterocycles. The Morgan fingerprint density at radius 1 is 1.21 bits per heavy atom. The van der Waals surface area contributed by atoms with Crippen molar-refractivity contribution < 1.29 is 13.2 Å². The Morgan fingerprint density at radius 2 is 1.88 bits per heavy atom. The lowest BCUT2D eigenvalue weighted by Gasteiger charge is -2.32. The van der Waals surface area contributed by atoms with E-state index in [1.807, 2.05) is 19.1 Å². The van der Waals surface area contributed by atoms with Crippen molar-refractivity contribution in [1.29, 1.82) is 0 Å². The van der Waals surface area contributed by atoms with Crippen molar-refractivity contribution in [1.82, 2.24) is 9.21 Å². The molecule has 1 fully saturated rings. The summed E-state index contributed by atoms with van der Waals surface area (Å²) in [6.45, 7) is 3.48. The lowest BCUT2D eigenvalue weighted by molar-refractivity contribution is -0.135. The largest absolute Gasteiger partial charge is 0.346 e. The van der Waals surface area contributed by atoms with Gasteiger partial charge in [0.05, 0.1) is 4.90 Å². The summed E-state index contributed by atoms with van der Waals surface area (Å²) in [6, 6.07) is 5.54. The second-order valence-corrected chi connectivity index (χ2v) is 8.75. The second-order valence-electron chi connectivity index (χ2n) is 6.81. The molecule has 1 aromatic rings. The first-order chi connectivity index (χ1) is 11.4. The van der Waals surface area contributed by atoms with Crippen molar-refractivity contribution in [2.24, 2.45) is 5.92 Å². The fourth-order valence-electron chi connectivity index (χ4n) is 3.67. The highest BCUT2D eigenvalue weighted by atomic mass is 32.2. The number of rotatable bonds is 4. The summed E-state index contributed by atoms with van der Waals surface area (Å²) in [5.41, 5.74) is 2.45. The van der Waals surface area contributed by atoms with E-state index >= 15 is 0 Å². The molecular formula is C18H26N2O3S. The molecule has 24 heavy (non-hydrogen) atoms. The number of sulfonamides is 1. The van der Waals surface area contributed by atoms with E-state index < -0.39 is 10.0 Å². The molecule has 1 aromatic carbocycles. The molecule has 0 bridgehead atoms. The summed E-state index contributed by atoms with van der Waals surface area (Å²) in [6.07, 6.45) is 4.34. The number of aryl methyl sites for hydroxylation is 2. The number of fused-ring (bicyclic) bond motifs is 1. The van der Waals surface area contributed by atoms with Crippen molar-refractivity contribution in [2.45, 2.75) is 43.9 Å². The molecule has 1 saturated heterocycles. The SMILES string of the molecule is CCN(C)C(=O)C1CCN(S(=O)(=O)c2ccc3c(c2)CCC3)CC1. The minimum absolute atomic E-state index is 0.0542. The molecule has 2 aliphatic rings. The minimum Gasteiger partial charge on any atom is -0.346 e. The molecule has 0 spiro atoms. The first-order valence-corrected chi connectivity index (χ1v) is 10.2. The molecule has 6 heteroatoms. The van der Waals surface area contributed by atoms with Crippen LogP contribution in [-0.2, 0) is 27.7 Å². The quantitative estimate of drug-likeness (QED) is 0.835. The predicted molar refractivity (Wildman–Crippen MR) is 93.3 cm³/mol. The van der Waals surface area contributed by atoms with Crippen LogP contribution in [0.5, 0.6) is 0 Å². The first kappa shape index (κ1) is 17.4.